The second kappa shape index (κ2) is 5.48. The van der Waals surface area contributed by atoms with Crippen molar-refractivity contribution in [3.05, 3.63) is 28.0 Å². The lowest BCUT2D eigenvalue weighted by molar-refractivity contribution is -0.142. The van der Waals surface area contributed by atoms with Crippen LogP contribution in [0.1, 0.15) is 18.2 Å². The molecule has 0 saturated heterocycles. The molecule has 0 N–H and O–H groups in total. The van der Waals surface area contributed by atoms with E-state index in [1.54, 1.807) is 6.92 Å². The van der Waals surface area contributed by atoms with E-state index in [-0.39, 0.29) is 17.6 Å². The monoisotopic (exact) mass is 311 g/mol. The second-order valence-electron chi connectivity index (χ2n) is 3.13. The van der Waals surface area contributed by atoms with E-state index in [4.69, 9.17) is 0 Å². The van der Waals surface area contributed by atoms with Gasteiger partial charge in [0, 0.05) is 0 Å². The Kier molecular flexibility index (Phi) is 4.50. The molecule has 1 aromatic heterocycles. The third-order valence-electron chi connectivity index (χ3n) is 1.86. The maximum Gasteiger partial charge on any atom is 0.433 e. The van der Waals surface area contributed by atoms with Gasteiger partial charge in [-0.25, -0.2) is 4.98 Å². The van der Waals surface area contributed by atoms with Crippen molar-refractivity contribution in [1.82, 2.24) is 4.98 Å². The van der Waals surface area contributed by atoms with Crippen LogP contribution in [-0.4, -0.2) is 17.6 Å². The van der Waals surface area contributed by atoms with E-state index in [0.717, 1.165) is 6.07 Å². The van der Waals surface area contributed by atoms with Gasteiger partial charge in [-0.15, -0.1) is 0 Å². The number of carbonyl (C=O) groups is 1. The van der Waals surface area contributed by atoms with Crippen molar-refractivity contribution >= 4 is 21.9 Å². The zero-order valence-corrected chi connectivity index (χ0v) is 10.4. The van der Waals surface area contributed by atoms with Gasteiger partial charge in [-0.3, -0.25) is 4.79 Å². The molecule has 0 unspecified atom stereocenters. The highest BCUT2D eigenvalue weighted by molar-refractivity contribution is 9.10. The molecule has 0 aliphatic rings. The van der Waals surface area contributed by atoms with Gasteiger partial charge in [0.15, 0.2) is 0 Å². The van der Waals surface area contributed by atoms with Crippen LogP contribution in [0.2, 0.25) is 0 Å². The quantitative estimate of drug-likeness (QED) is 0.636. The van der Waals surface area contributed by atoms with Crippen molar-refractivity contribution in [3.8, 4) is 0 Å². The number of hydrogen-bond acceptors (Lipinski definition) is 3. The standard InChI is InChI=1S/C10H9BrF3NO2/c1-2-17-8(16)5-6-3-4-7(10(12,13)14)15-9(6)11/h3-4H,2,5H2,1H3. The molecule has 0 fully saturated rings. The molecule has 0 amide bonds. The first kappa shape index (κ1) is 14.0. The average Bonchev–Trinajstić information content (AvgIpc) is 2.20. The number of esters is 1. The molecule has 17 heavy (non-hydrogen) atoms. The number of halogens is 4. The minimum atomic E-state index is -4.50. The Morgan fingerprint density at radius 2 is 2.12 bits per heavy atom. The van der Waals surface area contributed by atoms with Crippen LogP contribution in [0.15, 0.2) is 16.7 Å². The molecule has 0 radical (unpaired) electrons. The van der Waals surface area contributed by atoms with Crippen molar-refractivity contribution < 1.29 is 22.7 Å². The van der Waals surface area contributed by atoms with Gasteiger partial charge < -0.3 is 4.74 Å². The summed E-state index contributed by atoms with van der Waals surface area (Å²) in [6.45, 7) is 1.88. The fraction of sp³-hybridized carbons (Fsp3) is 0.400. The third kappa shape index (κ3) is 3.99. The zero-order chi connectivity index (χ0) is 13.1. The van der Waals surface area contributed by atoms with Gasteiger partial charge in [0.25, 0.3) is 0 Å². The Hall–Kier alpha value is -1.11. The van der Waals surface area contributed by atoms with Gasteiger partial charge in [-0.2, -0.15) is 13.2 Å². The van der Waals surface area contributed by atoms with E-state index in [1.807, 2.05) is 0 Å². The Bertz CT molecular complexity index is 421. The molecule has 94 valence electrons. The van der Waals surface area contributed by atoms with Crippen molar-refractivity contribution in [2.24, 2.45) is 0 Å². The largest absolute Gasteiger partial charge is 0.466 e. The first-order chi connectivity index (χ1) is 7.84. The lowest BCUT2D eigenvalue weighted by Crippen LogP contribution is -2.11. The summed E-state index contributed by atoms with van der Waals surface area (Å²) < 4.78 is 41.6. The molecule has 0 spiro atoms. The number of hydrogen-bond donors (Lipinski definition) is 0. The Balaban J connectivity index is 2.87. The summed E-state index contributed by atoms with van der Waals surface area (Å²) in [5.41, 5.74) is -0.645. The van der Waals surface area contributed by atoms with Crippen molar-refractivity contribution in [1.29, 1.82) is 0 Å². The van der Waals surface area contributed by atoms with E-state index in [9.17, 15) is 18.0 Å². The van der Waals surface area contributed by atoms with Crippen LogP contribution in [-0.2, 0) is 22.1 Å². The topological polar surface area (TPSA) is 39.2 Å². The minimum Gasteiger partial charge on any atom is -0.466 e. The van der Waals surface area contributed by atoms with Gasteiger partial charge in [-0.05, 0) is 34.5 Å². The zero-order valence-electron chi connectivity index (χ0n) is 8.84. The van der Waals surface area contributed by atoms with Crippen LogP contribution in [0.5, 0.6) is 0 Å². The SMILES string of the molecule is CCOC(=O)Cc1ccc(C(F)(F)F)nc1Br. The molecule has 3 nitrogen and oxygen atoms in total. The maximum atomic E-state index is 12.3. The fourth-order valence-electron chi connectivity index (χ4n) is 1.12. The summed E-state index contributed by atoms with van der Waals surface area (Å²) in [6.07, 6.45) is -4.61. The predicted octanol–water partition coefficient (Wildman–Crippen LogP) is 2.97. The van der Waals surface area contributed by atoms with Gasteiger partial charge in [-0.1, -0.05) is 6.07 Å². The van der Waals surface area contributed by atoms with Crippen molar-refractivity contribution in [2.45, 2.75) is 19.5 Å². The van der Waals surface area contributed by atoms with Crippen LogP contribution in [0, 0.1) is 0 Å². The number of pyridine rings is 1. The van der Waals surface area contributed by atoms with E-state index in [2.05, 4.69) is 25.7 Å². The summed E-state index contributed by atoms with van der Waals surface area (Å²) in [7, 11) is 0. The number of alkyl halides is 3. The molecule has 7 heteroatoms. The highest BCUT2D eigenvalue weighted by atomic mass is 79.9. The molecule has 0 aliphatic carbocycles. The number of nitrogens with zero attached hydrogens (tertiary/aromatic N) is 1. The highest BCUT2D eigenvalue weighted by Crippen LogP contribution is 2.29. The molecule has 0 saturated carbocycles. The Morgan fingerprint density at radius 3 is 2.59 bits per heavy atom. The molecule has 0 bridgehead atoms. The molecule has 0 aromatic carbocycles. The normalized spacial score (nSPS) is 11.4. The van der Waals surface area contributed by atoms with Gasteiger partial charge in [0.05, 0.1) is 13.0 Å². The van der Waals surface area contributed by atoms with Gasteiger partial charge in [0.2, 0.25) is 0 Å². The first-order valence-corrected chi connectivity index (χ1v) is 5.52. The Labute approximate surface area is 104 Å². The predicted molar refractivity (Wildman–Crippen MR) is 57.3 cm³/mol. The maximum absolute atomic E-state index is 12.3. The number of ether oxygens (including phenoxy) is 1. The molecule has 0 aliphatic heterocycles. The molecule has 0 atom stereocenters. The summed E-state index contributed by atoms with van der Waals surface area (Å²) >= 11 is 2.90. The van der Waals surface area contributed by atoms with Gasteiger partial charge in [0.1, 0.15) is 10.3 Å². The first-order valence-electron chi connectivity index (χ1n) is 4.72. The molecular formula is C10H9BrF3NO2. The molecule has 1 heterocycles. The van der Waals surface area contributed by atoms with E-state index in [0.29, 0.717) is 5.56 Å². The molecule has 1 rings (SSSR count). The van der Waals surface area contributed by atoms with Crippen LogP contribution < -0.4 is 0 Å². The van der Waals surface area contributed by atoms with Crippen LogP contribution >= 0.6 is 15.9 Å². The number of aromatic nitrogens is 1. The van der Waals surface area contributed by atoms with Crippen LogP contribution in [0.25, 0.3) is 0 Å². The van der Waals surface area contributed by atoms with Gasteiger partial charge >= 0.3 is 12.1 Å². The lowest BCUT2D eigenvalue weighted by Gasteiger charge is -2.08. The number of rotatable bonds is 3. The van der Waals surface area contributed by atoms with Crippen LogP contribution in [0.4, 0.5) is 13.2 Å². The van der Waals surface area contributed by atoms with Crippen molar-refractivity contribution in [2.75, 3.05) is 6.61 Å². The summed E-state index contributed by atoms with van der Waals surface area (Å²) in [5, 5.41) is 0. The smallest absolute Gasteiger partial charge is 0.433 e. The molecular weight excluding hydrogens is 303 g/mol. The minimum absolute atomic E-state index is 0.000350. The van der Waals surface area contributed by atoms with E-state index >= 15 is 0 Å². The fourth-order valence-corrected chi connectivity index (χ4v) is 1.58. The summed E-state index contributed by atoms with van der Waals surface area (Å²) in [6, 6.07) is 2.04. The Morgan fingerprint density at radius 1 is 1.47 bits per heavy atom. The number of carbonyl (C=O) groups excluding carboxylic acids is 1. The highest BCUT2D eigenvalue weighted by Gasteiger charge is 2.32. The lowest BCUT2D eigenvalue weighted by atomic mass is 10.2. The van der Waals surface area contributed by atoms with E-state index < -0.39 is 17.8 Å². The van der Waals surface area contributed by atoms with Crippen LogP contribution in [0.3, 0.4) is 0 Å². The average molecular weight is 312 g/mol. The van der Waals surface area contributed by atoms with Crippen molar-refractivity contribution in [3.63, 3.8) is 0 Å². The molecule has 1 aromatic rings. The van der Waals surface area contributed by atoms with E-state index in [1.165, 1.54) is 6.07 Å². The third-order valence-corrected chi connectivity index (χ3v) is 2.54. The second-order valence-corrected chi connectivity index (χ2v) is 3.88. The summed E-state index contributed by atoms with van der Waals surface area (Å²) in [5.74, 6) is -0.505. The summed E-state index contributed by atoms with van der Waals surface area (Å²) in [4.78, 5) is 14.5.